The molecule has 0 spiro atoms. The number of rotatable bonds is 3. The molecule has 5 heteroatoms. The summed E-state index contributed by atoms with van der Waals surface area (Å²) in [7, 11) is 1.37. The number of methoxy groups -OCH3 is 1. The molecule has 66 valence electrons. The van der Waals surface area contributed by atoms with Gasteiger partial charge < -0.3 is 4.74 Å². The molecule has 0 aliphatic rings. The molecule has 1 atom stereocenters. The molecule has 1 aromatic heterocycles. The molecule has 0 aliphatic carbocycles. The molecule has 0 N–H and O–H groups in total. The molecule has 0 unspecified atom stereocenters. The second kappa shape index (κ2) is 3.85. The van der Waals surface area contributed by atoms with Crippen LogP contribution >= 0.6 is 0 Å². The van der Waals surface area contributed by atoms with Crippen LogP contribution in [0, 0.1) is 0 Å². The van der Waals surface area contributed by atoms with Crippen molar-refractivity contribution >= 4 is 5.97 Å². The van der Waals surface area contributed by atoms with Gasteiger partial charge in [0.15, 0.2) is 0 Å². The van der Waals surface area contributed by atoms with Crippen molar-refractivity contribution in [3.8, 4) is 0 Å². The molecule has 1 rings (SSSR count). The van der Waals surface area contributed by atoms with Crippen LogP contribution in [0.2, 0.25) is 0 Å². The maximum absolute atomic E-state index is 10.8. The van der Waals surface area contributed by atoms with Crippen LogP contribution in [-0.2, 0) is 9.53 Å². The van der Waals surface area contributed by atoms with Crippen LogP contribution in [0.15, 0.2) is 12.7 Å². The fraction of sp³-hybridized carbons (Fsp3) is 0.571. The highest BCUT2D eigenvalue weighted by Gasteiger charge is 2.10. The highest BCUT2D eigenvalue weighted by atomic mass is 16.5. The molecule has 1 heterocycles. The lowest BCUT2D eigenvalue weighted by molar-refractivity contribution is -0.141. The zero-order valence-corrected chi connectivity index (χ0v) is 7.10. The standard InChI is InChI=1S/C7H11N3O2/c1-6(3-7(11)12-2)10-5-8-4-9-10/h4-6H,3H2,1-2H3/t6-/m1/s1. The van der Waals surface area contributed by atoms with Crippen LogP contribution in [0.25, 0.3) is 0 Å². The topological polar surface area (TPSA) is 57.0 Å². The molecule has 0 radical (unpaired) electrons. The molecule has 0 saturated heterocycles. The molecule has 0 fully saturated rings. The normalized spacial score (nSPS) is 12.5. The molecule has 12 heavy (non-hydrogen) atoms. The van der Waals surface area contributed by atoms with E-state index >= 15 is 0 Å². The van der Waals surface area contributed by atoms with Gasteiger partial charge in [-0.1, -0.05) is 0 Å². The van der Waals surface area contributed by atoms with Gasteiger partial charge in [0.2, 0.25) is 0 Å². The van der Waals surface area contributed by atoms with Gasteiger partial charge in [0.05, 0.1) is 19.6 Å². The van der Waals surface area contributed by atoms with Crippen molar-refractivity contribution in [1.29, 1.82) is 0 Å². The quantitative estimate of drug-likeness (QED) is 0.614. The van der Waals surface area contributed by atoms with Crippen molar-refractivity contribution < 1.29 is 9.53 Å². The maximum atomic E-state index is 10.8. The average molecular weight is 169 g/mol. The fourth-order valence-electron chi connectivity index (χ4n) is 0.863. The number of carbonyl (C=O) groups is 1. The van der Waals surface area contributed by atoms with E-state index < -0.39 is 0 Å². The SMILES string of the molecule is COC(=O)C[C@@H](C)n1cncn1. The Hall–Kier alpha value is -1.39. The molecule has 0 aromatic carbocycles. The highest BCUT2D eigenvalue weighted by molar-refractivity contribution is 5.69. The van der Waals surface area contributed by atoms with Gasteiger partial charge in [0.25, 0.3) is 0 Å². The van der Waals surface area contributed by atoms with E-state index in [4.69, 9.17) is 0 Å². The number of nitrogens with zero attached hydrogens (tertiary/aromatic N) is 3. The van der Waals surface area contributed by atoms with Gasteiger partial charge in [-0.2, -0.15) is 5.10 Å². The molecular formula is C7H11N3O2. The largest absolute Gasteiger partial charge is 0.469 e. The first-order valence-electron chi connectivity index (χ1n) is 3.65. The minimum Gasteiger partial charge on any atom is -0.469 e. The lowest BCUT2D eigenvalue weighted by Gasteiger charge is -2.08. The van der Waals surface area contributed by atoms with Crippen molar-refractivity contribution in [2.24, 2.45) is 0 Å². The zero-order valence-electron chi connectivity index (χ0n) is 7.10. The summed E-state index contributed by atoms with van der Waals surface area (Å²) in [4.78, 5) is 14.6. The summed E-state index contributed by atoms with van der Waals surface area (Å²) in [6, 6.07) is -0.0000463. The molecular weight excluding hydrogens is 158 g/mol. The van der Waals surface area contributed by atoms with Gasteiger partial charge in [0.1, 0.15) is 12.7 Å². The third-order valence-electron chi connectivity index (χ3n) is 1.58. The van der Waals surface area contributed by atoms with Crippen LogP contribution in [0.4, 0.5) is 0 Å². The summed E-state index contributed by atoms with van der Waals surface area (Å²) >= 11 is 0. The first-order chi connectivity index (χ1) is 5.74. The Balaban J connectivity index is 2.49. The Kier molecular flexibility index (Phi) is 2.79. The number of carbonyl (C=O) groups excluding carboxylic acids is 1. The maximum Gasteiger partial charge on any atom is 0.307 e. The Morgan fingerprint density at radius 2 is 2.50 bits per heavy atom. The third kappa shape index (κ3) is 2.05. The van der Waals surface area contributed by atoms with E-state index in [1.54, 1.807) is 11.0 Å². The van der Waals surface area contributed by atoms with Gasteiger partial charge >= 0.3 is 5.97 Å². The van der Waals surface area contributed by atoms with Crippen LogP contribution < -0.4 is 0 Å². The van der Waals surface area contributed by atoms with Gasteiger partial charge in [-0.15, -0.1) is 0 Å². The van der Waals surface area contributed by atoms with Crippen molar-refractivity contribution in [3.63, 3.8) is 0 Å². The summed E-state index contributed by atoms with van der Waals surface area (Å²) in [5, 5.41) is 3.90. The molecule has 0 aliphatic heterocycles. The number of aromatic nitrogens is 3. The van der Waals surface area contributed by atoms with E-state index in [1.165, 1.54) is 13.4 Å². The second-order valence-electron chi connectivity index (χ2n) is 2.50. The van der Waals surface area contributed by atoms with Gasteiger partial charge in [0, 0.05) is 0 Å². The van der Waals surface area contributed by atoms with Crippen molar-refractivity contribution in [3.05, 3.63) is 12.7 Å². The minimum absolute atomic E-state index is 0.0000463. The summed E-state index contributed by atoms with van der Waals surface area (Å²) in [5.41, 5.74) is 0. The third-order valence-corrected chi connectivity index (χ3v) is 1.58. The van der Waals surface area contributed by atoms with E-state index in [2.05, 4.69) is 14.8 Å². The van der Waals surface area contributed by atoms with Crippen LogP contribution in [0.3, 0.4) is 0 Å². The van der Waals surface area contributed by atoms with E-state index in [0.717, 1.165) is 0 Å². The molecule has 0 bridgehead atoms. The van der Waals surface area contributed by atoms with Gasteiger partial charge in [-0.05, 0) is 6.92 Å². The smallest absolute Gasteiger partial charge is 0.307 e. The van der Waals surface area contributed by atoms with Crippen LogP contribution in [0.1, 0.15) is 19.4 Å². The van der Waals surface area contributed by atoms with E-state index in [-0.39, 0.29) is 12.0 Å². The number of hydrogen-bond acceptors (Lipinski definition) is 4. The number of esters is 1. The summed E-state index contributed by atoms with van der Waals surface area (Å²) in [6.45, 7) is 1.88. The van der Waals surface area contributed by atoms with Crippen molar-refractivity contribution in [1.82, 2.24) is 14.8 Å². The summed E-state index contributed by atoms with van der Waals surface area (Å²) < 4.78 is 6.14. The molecule has 0 amide bonds. The molecule has 0 saturated carbocycles. The van der Waals surface area contributed by atoms with E-state index in [1.807, 2.05) is 6.92 Å². The van der Waals surface area contributed by atoms with Crippen LogP contribution in [0.5, 0.6) is 0 Å². The van der Waals surface area contributed by atoms with Crippen molar-refractivity contribution in [2.75, 3.05) is 7.11 Å². The monoisotopic (exact) mass is 169 g/mol. The van der Waals surface area contributed by atoms with Gasteiger partial charge in [-0.3, -0.25) is 4.79 Å². The Morgan fingerprint density at radius 3 is 3.00 bits per heavy atom. The Morgan fingerprint density at radius 1 is 1.75 bits per heavy atom. The lowest BCUT2D eigenvalue weighted by atomic mass is 10.2. The van der Waals surface area contributed by atoms with Crippen LogP contribution in [-0.4, -0.2) is 27.8 Å². The van der Waals surface area contributed by atoms with E-state index in [0.29, 0.717) is 6.42 Å². The lowest BCUT2D eigenvalue weighted by Crippen LogP contribution is -2.12. The predicted octanol–water partition coefficient (Wildman–Crippen LogP) is 0.402. The zero-order chi connectivity index (χ0) is 8.97. The first kappa shape index (κ1) is 8.70. The second-order valence-corrected chi connectivity index (χ2v) is 2.50. The summed E-state index contributed by atoms with van der Waals surface area (Å²) in [5.74, 6) is -0.238. The number of ether oxygens (including phenoxy) is 1. The van der Waals surface area contributed by atoms with E-state index in [9.17, 15) is 4.79 Å². The number of hydrogen-bond donors (Lipinski definition) is 0. The Bertz CT molecular complexity index is 245. The Labute approximate surface area is 70.4 Å². The van der Waals surface area contributed by atoms with Gasteiger partial charge in [-0.25, -0.2) is 9.67 Å². The molecule has 5 nitrogen and oxygen atoms in total. The van der Waals surface area contributed by atoms with Crippen molar-refractivity contribution in [2.45, 2.75) is 19.4 Å². The minimum atomic E-state index is -0.238. The fourth-order valence-corrected chi connectivity index (χ4v) is 0.863. The highest BCUT2D eigenvalue weighted by Crippen LogP contribution is 2.07. The summed E-state index contributed by atoms with van der Waals surface area (Å²) in [6.07, 6.45) is 3.33. The first-order valence-corrected chi connectivity index (χ1v) is 3.65. The average Bonchev–Trinajstić information content (AvgIpc) is 2.56. The molecule has 1 aromatic rings. The predicted molar refractivity (Wildman–Crippen MR) is 41.4 cm³/mol.